The number of carboxylic acid groups (broad SMARTS) is 1. The van der Waals surface area contributed by atoms with Gasteiger partial charge in [-0.2, -0.15) is 0 Å². The van der Waals surface area contributed by atoms with Gasteiger partial charge in [-0.3, -0.25) is 0 Å². The summed E-state index contributed by atoms with van der Waals surface area (Å²) in [6.45, 7) is 0. The molecule has 2 aromatic carbocycles. The normalized spacial score (nSPS) is 10.3. The minimum absolute atomic E-state index is 0.0174. The Morgan fingerprint density at radius 3 is 2.47 bits per heavy atom. The fourth-order valence-corrected chi connectivity index (χ4v) is 1.76. The molecule has 0 radical (unpaired) electrons. The van der Waals surface area contributed by atoms with Crippen LogP contribution in [0, 0.1) is 11.6 Å². The number of benzene rings is 2. The first-order chi connectivity index (χ1) is 9.02. The van der Waals surface area contributed by atoms with Crippen molar-refractivity contribution in [3.8, 4) is 16.9 Å². The Bertz CT molecular complexity index is 639. The minimum Gasteiger partial charge on any atom is -0.496 e. The predicted molar refractivity (Wildman–Crippen MR) is 65.3 cm³/mol. The number of carboxylic acids is 1. The van der Waals surface area contributed by atoms with Gasteiger partial charge in [0.15, 0.2) is 0 Å². The molecule has 3 nitrogen and oxygen atoms in total. The van der Waals surface area contributed by atoms with Crippen molar-refractivity contribution in [2.45, 2.75) is 0 Å². The highest BCUT2D eigenvalue weighted by atomic mass is 19.1. The van der Waals surface area contributed by atoms with E-state index < -0.39 is 17.6 Å². The van der Waals surface area contributed by atoms with Gasteiger partial charge in [-0.1, -0.05) is 0 Å². The molecule has 98 valence electrons. The number of methoxy groups -OCH3 is 1. The van der Waals surface area contributed by atoms with Crippen molar-refractivity contribution in [2.24, 2.45) is 0 Å². The van der Waals surface area contributed by atoms with Crippen LogP contribution < -0.4 is 4.74 Å². The predicted octanol–water partition coefficient (Wildman–Crippen LogP) is 3.34. The van der Waals surface area contributed by atoms with Gasteiger partial charge in [-0.05, 0) is 36.4 Å². The smallest absolute Gasteiger partial charge is 0.335 e. The molecule has 0 unspecified atom stereocenters. The number of rotatable bonds is 3. The molecule has 0 aliphatic heterocycles. The zero-order valence-electron chi connectivity index (χ0n) is 9.98. The van der Waals surface area contributed by atoms with Crippen molar-refractivity contribution in [3.63, 3.8) is 0 Å². The zero-order valence-corrected chi connectivity index (χ0v) is 9.98. The molecule has 5 heteroatoms. The van der Waals surface area contributed by atoms with E-state index in [-0.39, 0.29) is 22.4 Å². The van der Waals surface area contributed by atoms with Crippen LogP contribution in [-0.4, -0.2) is 18.2 Å². The summed E-state index contributed by atoms with van der Waals surface area (Å²) in [6.07, 6.45) is 0. The van der Waals surface area contributed by atoms with Crippen LogP contribution in [0.5, 0.6) is 5.75 Å². The fraction of sp³-hybridized carbons (Fsp3) is 0.0714. The number of hydrogen-bond donors (Lipinski definition) is 1. The molecule has 0 heterocycles. The second-order valence-electron chi connectivity index (χ2n) is 3.84. The summed E-state index contributed by atoms with van der Waals surface area (Å²) >= 11 is 0. The number of ether oxygens (including phenoxy) is 1. The summed E-state index contributed by atoms with van der Waals surface area (Å²) in [5, 5.41) is 8.90. The van der Waals surface area contributed by atoms with Crippen molar-refractivity contribution in [1.82, 2.24) is 0 Å². The molecule has 0 bridgehead atoms. The van der Waals surface area contributed by atoms with Crippen molar-refractivity contribution >= 4 is 5.97 Å². The average Bonchev–Trinajstić information content (AvgIpc) is 2.39. The summed E-state index contributed by atoms with van der Waals surface area (Å²) in [5.74, 6) is -2.12. The molecule has 0 aliphatic carbocycles. The van der Waals surface area contributed by atoms with Gasteiger partial charge in [-0.15, -0.1) is 0 Å². The lowest BCUT2D eigenvalue weighted by Gasteiger charge is -2.10. The maximum absolute atomic E-state index is 13.8. The highest BCUT2D eigenvalue weighted by Gasteiger charge is 2.14. The SMILES string of the molecule is COc1ccc(F)cc1-c1cc(C(=O)O)ccc1F. The van der Waals surface area contributed by atoms with E-state index in [1.807, 2.05) is 0 Å². The first kappa shape index (κ1) is 13.0. The summed E-state index contributed by atoms with van der Waals surface area (Å²) in [4.78, 5) is 10.9. The van der Waals surface area contributed by atoms with Crippen LogP contribution in [0.15, 0.2) is 36.4 Å². The standard InChI is InChI=1S/C14H10F2O3/c1-19-13-5-3-9(15)7-11(13)10-6-8(14(17)18)2-4-12(10)16/h2-7H,1H3,(H,17,18). The lowest BCUT2D eigenvalue weighted by molar-refractivity contribution is 0.0697. The van der Waals surface area contributed by atoms with E-state index in [4.69, 9.17) is 9.84 Å². The van der Waals surface area contributed by atoms with E-state index in [0.29, 0.717) is 0 Å². The third kappa shape index (κ3) is 2.54. The topological polar surface area (TPSA) is 46.5 Å². The maximum Gasteiger partial charge on any atom is 0.335 e. The van der Waals surface area contributed by atoms with Crippen LogP contribution in [-0.2, 0) is 0 Å². The summed E-state index contributed by atoms with van der Waals surface area (Å²) in [6, 6.07) is 6.97. The van der Waals surface area contributed by atoms with Gasteiger partial charge >= 0.3 is 5.97 Å². The van der Waals surface area contributed by atoms with Gasteiger partial charge in [0.05, 0.1) is 12.7 Å². The van der Waals surface area contributed by atoms with Gasteiger partial charge in [-0.25, -0.2) is 13.6 Å². The summed E-state index contributed by atoms with van der Waals surface area (Å²) in [7, 11) is 1.37. The Kier molecular flexibility index (Phi) is 3.46. The molecule has 0 amide bonds. The Hall–Kier alpha value is -2.43. The molecule has 2 aromatic rings. The molecule has 2 rings (SSSR count). The van der Waals surface area contributed by atoms with Crippen LogP contribution in [0.25, 0.3) is 11.1 Å². The number of halogens is 2. The Labute approximate surface area is 108 Å². The molecule has 0 spiro atoms. The van der Waals surface area contributed by atoms with Gasteiger partial charge < -0.3 is 9.84 Å². The number of hydrogen-bond acceptors (Lipinski definition) is 2. The van der Waals surface area contributed by atoms with E-state index in [9.17, 15) is 13.6 Å². The highest BCUT2D eigenvalue weighted by Crippen LogP contribution is 2.33. The molecular formula is C14H10F2O3. The van der Waals surface area contributed by atoms with Crippen molar-refractivity contribution in [3.05, 3.63) is 53.6 Å². The first-order valence-corrected chi connectivity index (χ1v) is 5.39. The summed E-state index contributed by atoms with van der Waals surface area (Å²) < 4.78 is 32.1. The summed E-state index contributed by atoms with van der Waals surface area (Å²) in [5.41, 5.74) is 0.0714. The molecular weight excluding hydrogens is 254 g/mol. The number of carbonyl (C=O) groups is 1. The molecule has 0 fully saturated rings. The average molecular weight is 264 g/mol. The third-order valence-corrected chi connectivity index (χ3v) is 2.67. The second kappa shape index (κ2) is 5.06. The van der Waals surface area contributed by atoms with Crippen molar-refractivity contribution in [2.75, 3.05) is 7.11 Å². The van der Waals surface area contributed by atoms with E-state index in [0.717, 1.165) is 24.3 Å². The first-order valence-electron chi connectivity index (χ1n) is 5.39. The second-order valence-corrected chi connectivity index (χ2v) is 3.84. The lowest BCUT2D eigenvalue weighted by Crippen LogP contribution is -1.98. The van der Waals surface area contributed by atoms with E-state index in [1.54, 1.807) is 0 Å². The molecule has 19 heavy (non-hydrogen) atoms. The quantitative estimate of drug-likeness (QED) is 0.924. The molecule has 1 N–H and O–H groups in total. The lowest BCUT2D eigenvalue weighted by atomic mass is 10.0. The van der Waals surface area contributed by atoms with E-state index in [1.165, 1.54) is 19.2 Å². The number of aromatic carboxylic acids is 1. The van der Waals surface area contributed by atoms with Gasteiger partial charge in [0.1, 0.15) is 17.4 Å². The van der Waals surface area contributed by atoms with Crippen LogP contribution in [0.2, 0.25) is 0 Å². The fourth-order valence-electron chi connectivity index (χ4n) is 1.76. The largest absolute Gasteiger partial charge is 0.496 e. The third-order valence-electron chi connectivity index (χ3n) is 2.67. The molecule has 0 saturated heterocycles. The van der Waals surface area contributed by atoms with E-state index >= 15 is 0 Å². The Morgan fingerprint density at radius 2 is 1.84 bits per heavy atom. The van der Waals surface area contributed by atoms with Crippen LogP contribution in [0.3, 0.4) is 0 Å². The zero-order chi connectivity index (χ0) is 14.0. The van der Waals surface area contributed by atoms with E-state index in [2.05, 4.69) is 0 Å². The maximum atomic E-state index is 13.8. The minimum atomic E-state index is -1.18. The monoisotopic (exact) mass is 264 g/mol. The van der Waals surface area contributed by atoms with Crippen molar-refractivity contribution in [1.29, 1.82) is 0 Å². The van der Waals surface area contributed by atoms with Gasteiger partial charge in [0, 0.05) is 11.1 Å². The molecule has 0 saturated carbocycles. The molecule has 0 atom stereocenters. The Morgan fingerprint density at radius 1 is 1.11 bits per heavy atom. The Balaban J connectivity index is 2.67. The highest BCUT2D eigenvalue weighted by molar-refractivity contribution is 5.90. The van der Waals surface area contributed by atoms with Crippen LogP contribution >= 0.6 is 0 Å². The molecule has 0 aliphatic rings. The van der Waals surface area contributed by atoms with Crippen molar-refractivity contribution < 1.29 is 23.4 Å². The molecule has 0 aromatic heterocycles. The van der Waals surface area contributed by atoms with Gasteiger partial charge in [0.25, 0.3) is 0 Å². The van der Waals surface area contributed by atoms with Crippen LogP contribution in [0.4, 0.5) is 8.78 Å². The van der Waals surface area contributed by atoms with Crippen LogP contribution in [0.1, 0.15) is 10.4 Å². The van der Waals surface area contributed by atoms with Gasteiger partial charge in [0.2, 0.25) is 0 Å².